The lowest BCUT2D eigenvalue weighted by Gasteiger charge is -2.22. The van der Waals surface area contributed by atoms with Crippen molar-refractivity contribution in [2.24, 2.45) is 0 Å². The van der Waals surface area contributed by atoms with Crippen LogP contribution in [0.4, 0.5) is 0 Å². The lowest BCUT2D eigenvalue weighted by molar-refractivity contribution is 1.32. The van der Waals surface area contributed by atoms with E-state index in [1.54, 1.807) is 0 Å². The Hall–Kier alpha value is -1.18. The van der Waals surface area contributed by atoms with E-state index >= 15 is 0 Å². The summed E-state index contributed by atoms with van der Waals surface area (Å²) >= 11 is 2.64. The molecule has 0 saturated heterocycles. The molecule has 0 aliphatic carbocycles. The Morgan fingerprint density at radius 3 is 1.26 bits per heavy atom. The van der Waals surface area contributed by atoms with Crippen LogP contribution < -0.4 is 5.30 Å². The number of aryl methyl sites for hydroxylation is 6. The van der Waals surface area contributed by atoms with Gasteiger partial charge in [0, 0.05) is 5.30 Å². The highest BCUT2D eigenvalue weighted by Gasteiger charge is 2.20. The van der Waals surface area contributed by atoms with Crippen LogP contribution >= 0.6 is 27.6 Å². The van der Waals surface area contributed by atoms with Crippen molar-refractivity contribution in [2.75, 3.05) is 6.66 Å². The average molecular weight is 486 g/mol. The van der Waals surface area contributed by atoms with Crippen molar-refractivity contribution in [3.8, 4) is 22.3 Å². The van der Waals surface area contributed by atoms with E-state index in [2.05, 4.69) is 113 Å². The highest BCUT2D eigenvalue weighted by Crippen LogP contribution is 2.47. The first-order chi connectivity index (χ1) is 12.7. The van der Waals surface area contributed by atoms with Crippen molar-refractivity contribution in [1.29, 1.82) is 0 Å². The Kier molecular flexibility index (Phi) is 6.13. The molecular weight excluding hydrogens is 458 g/mol. The van der Waals surface area contributed by atoms with Gasteiger partial charge >= 0.3 is 0 Å². The fraction of sp³-hybridized carbons (Fsp3) is 0.280. The van der Waals surface area contributed by atoms with Crippen molar-refractivity contribution in [1.82, 2.24) is 0 Å². The molecule has 0 N–H and O–H groups in total. The van der Waals surface area contributed by atoms with Gasteiger partial charge < -0.3 is 0 Å². The van der Waals surface area contributed by atoms with E-state index in [1.165, 1.54) is 60.9 Å². The first-order valence-electron chi connectivity index (χ1n) is 9.39. The van der Waals surface area contributed by atoms with Crippen LogP contribution in [-0.4, -0.2) is 6.66 Å². The maximum Gasteiger partial charge on any atom is 0.00147 e. The Labute approximate surface area is 178 Å². The molecule has 0 amide bonds. The van der Waals surface area contributed by atoms with E-state index in [1.807, 2.05) is 0 Å². The smallest absolute Gasteiger partial charge is 0.00147 e. The van der Waals surface area contributed by atoms with Gasteiger partial charge in [-0.1, -0.05) is 53.6 Å². The summed E-state index contributed by atoms with van der Waals surface area (Å²) in [4.78, 5) is 0. The van der Waals surface area contributed by atoms with E-state index in [9.17, 15) is 0 Å². The molecule has 0 radical (unpaired) electrons. The lowest BCUT2D eigenvalue weighted by Crippen LogP contribution is -2.10. The molecule has 0 aliphatic heterocycles. The maximum absolute atomic E-state index is 2.64. The minimum absolute atomic E-state index is 0.279. The van der Waals surface area contributed by atoms with Gasteiger partial charge in [-0.05, 0) is 120 Å². The highest BCUT2D eigenvalue weighted by atomic mass is 127. The normalized spacial score (nSPS) is 12.3. The number of rotatable bonds is 3. The zero-order valence-corrected chi connectivity index (χ0v) is 20.4. The molecule has 2 heteroatoms. The quantitative estimate of drug-likeness (QED) is 0.260. The van der Waals surface area contributed by atoms with Gasteiger partial charge in [-0.25, -0.2) is 0 Å². The van der Waals surface area contributed by atoms with Crippen LogP contribution in [0.3, 0.4) is 0 Å². The number of halogens is 1. The van der Waals surface area contributed by atoms with Crippen molar-refractivity contribution in [3.05, 3.63) is 75.8 Å². The van der Waals surface area contributed by atoms with Gasteiger partial charge in [0.05, 0.1) is 0 Å². The number of benzene rings is 3. The minimum Gasteiger partial charge on any atom is -0.0610 e. The topological polar surface area (TPSA) is 0 Å². The molecule has 3 aromatic rings. The molecule has 0 fully saturated rings. The fourth-order valence-corrected chi connectivity index (χ4v) is 7.08. The summed E-state index contributed by atoms with van der Waals surface area (Å²) in [5, 5.41) is 1.51. The predicted octanol–water partition coefficient (Wildman–Crippen LogP) is 7.96. The van der Waals surface area contributed by atoms with Crippen molar-refractivity contribution >= 4 is 32.9 Å². The van der Waals surface area contributed by atoms with Crippen molar-refractivity contribution in [2.45, 2.75) is 41.5 Å². The van der Waals surface area contributed by atoms with Crippen LogP contribution in [0.1, 0.15) is 33.4 Å². The SMILES string of the molecule is Cc1cc(C)c(-c2cccc(-c3c(C)cc(C)cc3C)c2P(C)I)c(C)c1. The summed E-state index contributed by atoms with van der Waals surface area (Å²) in [5.74, 6) is 0. The minimum atomic E-state index is -0.279. The second-order valence-corrected chi connectivity index (χ2v) is 13.5. The molecule has 0 bridgehead atoms. The summed E-state index contributed by atoms with van der Waals surface area (Å²) in [7, 11) is 0. The molecule has 0 spiro atoms. The van der Waals surface area contributed by atoms with E-state index in [4.69, 9.17) is 0 Å². The third kappa shape index (κ3) is 4.00. The van der Waals surface area contributed by atoms with Crippen LogP contribution in [0.2, 0.25) is 0 Å². The third-order valence-corrected chi connectivity index (χ3v) is 7.78. The first kappa shape index (κ1) is 20.6. The second kappa shape index (κ2) is 8.05. The van der Waals surface area contributed by atoms with Gasteiger partial charge in [-0.2, -0.15) is 0 Å². The van der Waals surface area contributed by atoms with Gasteiger partial charge in [0.25, 0.3) is 0 Å². The molecule has 1 unspecified atom stereocenters. The standard InChI is InChI=1S/C25H28IP/c1-15-11-17(3)23(18(4)12-15)21-9-8-10-22(25(21)27(7)26)24-19(5)13-16(2)14-20(24)6/h8-14H,1-7H3. The zero-order valence-electron chi connectivity index (χ0n) is 17.4. The zero-order chi connectivity index (χ0) is 19.9. The second-order valence-electron chi connectivity index (χ2n) is 7.73. The summed E-state index contributed by atoms with van der Waals surface area (Å²) < 4.78 is 0. The van der Waals surface area contributed by atoms with E-state index in [0.29, 0.717) is 0 Å². The molecule has 1 atom stereocenters. The summed E-state index contributed by atoms with van der Waals surface area (Å²) in [6, 6.07) is 16.1. The molecule has 3 aromatic carbocycles. The lowest BCUT2D eigenvalue weighted by atomic mass is 9.89. The van der Waals surface area contributed by atoms with Crippen molar-refractivity contribution in [3.63, 3.8) is 0 Å². The van der Waals surface area contributed by atoms with Crippen LogP contribution in [0, 0.1) is 41.5 Å². The summed E-state index contributed by atoms with van der Waals surface area (Å²) in [5.41, 5.74) is 13.5. The number of hydrogen-bond acceptors (Lipinski definition) is 0. The molecule has 3 rings (SSSR count). The van der Waals surface area contributed by atoms with Crippen LogP contribution in [-0.2, 0) is 0 Å². The van der Waals surface area contributed by atoms with Crippen LogP contribution in [0.5, 0.6) is 0 Å². The van der Waals surface area contributed by atoms with E-state index in [0.717, 1.165) is 0 Å². The largest absolute Gasteiger partial charge is 0.0610 e. The molecule has 0 saturated carbocycles. The highest BCUT2D eigenvalue weighted by molar-refractivity contribution is 14.2. The molecule has 0 aliphatic rings. The molecular formula is C25H28IP. The fourth-order valence-electron chi connectivity index (χ4n) is 4.49. The summed E-state index contributed by atoms with van der Waals surface area (Å²) in [6.45, 7) is 15.7. The van der Waals surface area contributed by atoms with Gasteiger partial charge in [0.1, 0.15) is 0 Å². The first-order valence-corrected chi connectivity index (χ1v) is 14.0. The molecule has 0 heterocycles. The van der Waals surface area contributed by atoms with Crippen LogP contribution in [0.25, 0.3) is 22.3 Å². The molecule has 140 valence electrons. The van der Waals surface area contributed by atoms with Gasteiger partial charge in [-0.3, -0.25) is 0 Å². The Balaban J connectivity index is 2.37. The van der Waals surface area contributed by atoms with Crippen molar-refractivity contribution < 1.29 is 0 Å². The monoisotopic (exact) mass is 486 g/mol. The molecule has 0 nitrogen and oxygen atoms in total. The molecule has 27 heavy (non-hydrogen) atoms. The Morgan fingerprint density at radius 1 is 0.630 bits per heavy atom. The average Bonchev–Trinajstić information content (AvgIpc) is 2.52. The van der Waals surface area contributed by atoms with E-state index < -0.39 is 0 Å². The maximum atomic E-state index is 2.64. The third-order valence-electron chi connectivity index (χ3n) is 5.24. The number of hydrogen-bond donors (Lipinski definition) is 0. The Bertz CT molecular complexity index is 893. The van der Waals surface area contributed by atoms with Gasteiger partial charge in [-0.15, -0.1) is 0 Å². The van der Waals surface area contributed by atoms with Crippen LogP contribution in [0.15, 0.2) is 42.5 Å². The van der Waals surface area contributed by atoms with Gasteiger partial charge in [0.2, 0.25) is 0 Å². The van der Waals surface area contributed by atoms with Gasteiger partial charge in [0.15, 0.2) is 0 Å². The summed E-state index contributed by atoms with van der Waals surface area (Å²) in [6.07, 6.45) is 0. The predicted molar refractivity (Wildman–Crippen MR) is 132 cm³/mol. The van der Waals surface area contributed by atoms with E-state index in [-0.39, 0.29) is 5.56 Å². The molecule has 0 aromatic heterocycles. The Morgan fingerprint density at radius 2 is 0.963 bits per heavy atom.